The van der Waals surface area contributed by atoms with Gasteiger partial charge in [0.05, 0.1) is 5.69 Å². The highest BCUT2D eigenvalue weighted by molar-refractivity contribution is 5.78. The minimum Gasteiger partial charge on any atom is -0.372 e. The topological polar surface area (TPSA) is 52.2 Å². The van der Waals surface area contributed by atoms with Gasteiger partial charge in [-0.3, -0.25) is 9.89 Å². The second kappa shape index (κ2) is 6.90. The maximum atomic E-state index is 13.1. The van der Waals surface area contributed by atoms with Gasteiger partial charge in [-0.15, -0.1) is 0 Å². The summed E-state index contributed by atoms with van der Waals surface area (Å²) in [6.07, 6.45) is 0.511. The zero-order chi connectivity index (χ0) is 18.1. The number of aromatic nitrogens is 2. The monoisotopic (exact) mass is 340 g/mol. The van der Waals surface area contributed by atoms with Gasteiger partial charge in [0.1, 0.15) is 0 Å². The standard InChI is InChI=1S/C20H28N4O/c1-13(20-15(3)21-22-16(20)4)10-19(25)24-12-17-8-6-7-9-18(17)23(5)11-14(24)2/h6-9,13-14H,10-12H2,1-5H3,(H,21,22)/t13-,14+/m0/s1. The molecule has 0 saturated heterocycles. The number of carbonyl (C=O) groups excluding carboxylic acids is 1. The largest absolute Gasteiger partial charge is 0.372 e. The molecule has 2 aromatic rings. The highest BCUT2D eigenvalue weighted by Crippen LogP contribution is 2.29. The Labute approximate surface area is 150 Å². The Balaban J connectivity index is 1.80. The van der Waals surface area contributed by atoms with Crippen molar-refractivity contribution in [3.8, 4) is 0 Å². The summed E-state index contributed by atoms with van der Waals surface area (Å²) in [7, 11) is 2.10. The molecular weight excluding hydrogens is 312 g/mol. The van der Waals surface area contributed by atoms with E-state index in [1.807, 2.05) is 24.8 Å². The minimum atomic E-state index is 0.162. The van der Waals surface area contributed by atoms with E-state index in [9.17, 15) is 4.79 Å². The molecule has 3 rings (SSSR count). The van der Waals surface area contributed by atoms with E-state index in [2.05, 4.69) is 54.2 Å². The number of hydrogen-bond donors (Lipinski definition) is 1. The lowest BCUT2D eigenvalue weighted by molar-refractivity contribution is -0.134. The molecule has 1 aliphatic rings. The molecule has 2 heterocycles. The third-order valence-corrected chi connectivity index (χ3v) is 5.29. The van der Waals surface area contributed by atoms with Crippen LogP contribution in [0.25, 0.3) is 0 Å². The maximum absolute atomic E-state index is 13.1. The van der Waals surface area contributed by atoms with Crippen LogP contribution < -0.4 is 4.90 Å². The fraction of sp³-hybridized carbons (Fsp3) is 0.500. The van der Waals surface area contributed by atoms with Crippen LogP contribution in [-0.4, -0.2) is 40.6 Å². The van der Waals surface area contributed by atoms with Crippen LogP contribution in [0.2, 0.25) is 0 Å². The van der Waals surface area contributed by atoms with Crippen LogP contribution in [0.15, 0.2) is 24.3 Å². The number of para-hydroxylation sites is 1. The third kappa shape index (κ3) is 3.41. The van der Waals surface area contributed by atoms with Gasteiger partial charge >= 0.3 is 0 Å². The van der Waals surface area contributed by atoms with Gasteiger partial charge < -0.3 is 9.80 Å². The van der Waals surface area contributed by atoms with Gasteiger partial charge in [0, 0.05) is 44.0 Å². The van der Waals surface area contributed by atoms with Crippen molar-refractivity contribution in [1.29, 1.82) is 0 Å². The van der Waals surface area contributed by atoms with Gasteiger partial charge in [0.25, 0.3) is 0 Å². The predicted octanol–water partition coefficient (Wildman–Crippen LogP) is 3.39. The average molecular weight is 340 g/mol. The van der Waals surface area contributed by atoms with E-state index in [4.69, 9.17) is 0 Å². The number of benzene rings is 1. The maximum Gasteiger partial charge on any atom is 0.223 e. The van der Waals surface area contributed by atoms with Crippen LogP contribution in [0, 0.1) is 13.8 Å². The number of amides is 1. The zero-order valence-corrected chi connectivity index (χ0v) is 15.8. The SMILES string of the molecule is Cc1n[nH]c(C)c1[C@@H](C)CC(=O)N1Cc2ccccc2N(C)C[C@H]1C. The van der Waals surface area contributed by atoms with Crippen molar-refractivity contribution in [1.82, 2.24) is 15.1 Å². The summed E-state index contributed by atoms with van der Waals surface area (Å²) in [5.74, 6) is 0.375. The van der Waals surface area contributed by atoms with Crippen LogP contribution in [0.5, 0.6) is 0 Å². The summed E-state index contributed by atoms with van der Waals surface area (Å²) >= 11 is 0. The van der Waals surface area contributed by atoms with E-state index >= 15 is 0 Å². The molecule has 0 saturated carbocycles. The van der Waals surface area contributed by atoms with E-state index < -0.39 is 0 Å². The number of nitrogens with one attached hydrogen (secondary N) is 1. The smallest absolute Gasteiger partial charge is 0.223 e. The number of nitrogens with zero attached hydrogens (tertiary/aromatic N) is 3. The minimum absolute atomic E-state index is 0.162. The van der Waals surface area contributed by atoms with Crippen molar-refractivity contribution >= 4 is 11.6 Å². The van der Waals surface area contributed by atoms with E-state index in [0.717, 1.165) is 17.9 Å². The number of hydrogen-bond acceptors (Lipinski definition) is 3. The summed E-state index contributed by atoms with van der Waals surface area (Å²) in [5, 5.41) is 7.30. The molecule has 1 N–H and O–H groups in total. The normalized spacial score (nSPS) is 18.7. The average Bonchev–Trinajstić information content (AvgIpc) is 2.84. The molecule has 25 heavy (non-hydrogen) atoms. The molecule has 1 aromatic carbocycles. The van der Waals surface area contributed by atoms with Gasteiger partial charge in [-0.2, -0.15) is 5.10 Å². The number of aromatic amines is 1. The molecule has 5 heteroatoms. The number of aryl methyl sites for hydroxylation is 2. The Morgan fingerprint density at radius 1 is 1.36 bits per heavy atom. The van der Waals surface area contributed by atoms with Gasteiger partial charge in [-0.25, -0.2) is 0 Å². The first-order valence-electron chi connectivity index (χ1n) is 8.98. The van der Waals surface area contributed by atoms with Gasteiger partial charge in [0.15, 0.2) is 0 Å². The van der Waals surface area contributed by atoms with Crippen LogP contribution in [0.3, 0.4) is 0 Å². The Bertz CT molecular complexity index is 747. The number of carbonyl (C=O) groups is 1. The lowest BCUT2D eigenvalue weighted by Crippen LogP contribution is -2.42. The third-order valence-electron chi connectivity index (χ3n) is 5.29. The summed E-state index contributed by atoms with van der Waals surface area (Å²) in [6, 6.07) is 8.55. The molecule has 0 unspecified atom stereocenters. The first kappa shape index (κ1) is 17.5. The first-order valence-corrected chi connectivity index (χ1v) is 8.98. The summed E-state index contributed by atoms with van der Waals surface area (Å²) in [4.78, 5) is 17.4. The summed E-state index contributed by atoms with van der Waals surface area (Å²) in [5.41, 5.74) is 5.66. The Hall–Kier alpha value is -2.30. The number of fused-ring (bicyclic) bond motifs is 1. The molecule has 134 valence electrons. The molecule has 2 atom stereocenters. The molecule has 0 aliphatic carbocycles. The lowest BCUT2D eigenvalue weighted by Gasteiger charge is -2.29. The fourth-order valence-corrected chi connectivity index (χ4v) is 4.05. The van der Waals surface area contributed by atoms with Crippen LogP contribution in [0.4, 0.5) is 5.69 Å². The molecule has 0 fully saturated rings. The summed E-state index contributed by atoms with van der Waals surface area (Å²) in [6.45, 7) is 9.80. The van der Waals surface area contributed by atoms with Crippen molar-refractivity contribution in [2.75, 3.05) is 18.5 Å². The number of likely N-dealkylation sites (N-methyl/N-ethyl adjacent to an activating group) is 1. The van der Waals surface area contributed by atoms with Crippen molar-refractivity contribution < 1.29 is 4.79 Å². The van der Waals surface area contributed by atoms with E-state index in [1.165, 1.54) is 16.8 Å². The summed E-state index contributed by atoms with van der Waals surface area (Å²) < 4.78 is 0. The number of anilines is 1. The second-order valence-electron chi connectivity index (χ2n) is 7.33. The molecule has 0 radical (unpaired) electrons. The number of rotatable bonds is 3. The highest BCUT2D eigenvalue weighted by atomic mass is 16.2. The molecule has 1 aliphatic heterocycles. The molecule has 0 bridgehead atoms. The quantitative estimate of drug-likeness (QED) is 0.932. The van der Waals surface area contributed by atoms with E-state index in [1.54, 1.807) is 0 Å². The molecule has 5 nitrogen and oxygen atoms in total. The Kier molecular flexibility index (Phi) is 4.84. The van der Waals surface area contributed by atoms with Crippen molar-refractivity contribution in [3.05, 3.63) is 46.8 Å². The fourth-order valence-electron chi connectivity index (χ4n) is 4.05. The number of H-pyrrole nitrogens is 1. The Morgan fingerprint density at radius 2 is 2.08 bits per heavy atom. The highest BCUT2D eigenvalue weighted by Gasteiger charge is 2.28. The lowest BCUT2D eigenvalue weighted by atomic mass is 9.95. The Morgan fingerprint density at radius 3 is 2.76 bits per heavy atom. The van der Waals surface area contributed by atoms with Crippen molar-refractivity contribution in [3.63, 3.8) is 0 Å². The van der Waals surface area contributed by atoms with Crippen molar-refractivity contribution in [2.45, 2.75) is 52.6 Å². The molecule has 1 aromatic heterocycles. The van der Waals surface area contributed by atoms with E-state index in [0.29, 0.717) is 13.0 Å². The van der Waals surface area contributed by atoms with Gasteiger partial charge in [0.2, 0.25) is 5.91 Å². The van der Waals surface area contributed by atoms with Crippen molar-refractivity contribution in [2.24, 2.45) is 0 Å². The zero-order valence-electron chi connectivity index (χ0n) is 15.8. The van der Waals surface area contributed by atoms with Gasteiger partial charge in [-0.1, -0.05) is 25.1 Å². The van der Waals surface area contributed by atoms with Crippen LogP contribution in [0.1, 0.15) is 48.7 Å². The second-order valence-corrected chi connectivity index (χ2v) is 7.33. The molecule has 1 amide bonds. The van der Waals surface area contributed by atoms with Gasteiger partial charge in [-0.05, 0) is 43.9 Å². The molecular formula is C20H28N4O. The first-order chi connectivity index (χ1) is 11.9. The van der Waals surface area contributed by atoms with Crippen LogP contribution in [-0.2, 0) is 11.3 Å². The van der Waals surface area contributed by atoms with E-state index in [-0.39, 0.29) is 17.9 Å². The molecule has 0 spiro atoms. The van der Waals surface area contributed by atoms with Crippen LogP contribution >= 0.6 is 0 Å². The predicted molar refractivity (Wildman–Crippen MR) is 101 cm³/mol.